The SMILES string of the molecule is CCCS(=O)(=O)OC.CCN. The summed E-state index contributed by atoms with van der Waals surface area (Å²) in [6.45, 7) is 4.44. The molecule has 70 valence electrons. The van der Waals surface area contributed by atoms with Crippen LogP contribution in [0.1, 0.15) is 20.3 Å². The first-order valence-corrected chi connectivity index (χ1v) is 5.10. The topological polar surface area (TPSA) is 69.4 Å². The molecule has 0 amide bonds. The van der Waals surface area contributed by atoms with Gasteiger partial charge < -0.3 is 5.73 Å². The smallest absolute Gasteiger partial charge is 0.267 e. The number of nitrogens with two attached hydrogens (primary N) is 1. The third-order valence-corrected chi connectivity index (χ3v) is 2.12. The number of rotatable bonds is 3. The van der Waals surface area contributed by atoms with Crippen LogP contribution in [0.3, 0.4) is 0 Å². The van der Waals surface area contributed by atoms with Crippen molar-refractivity contribution < 1.29 is 12.6 Å². The third kappa shape index (κ3) is 13.0. The molecule has 0 aliphatic heterocycles. The number of hydrogen-bond acceptors (Lipinski definition) is 4. The van der Waals surface area contributed by atoms with Gasteiger partial charge in [0.1, 0.15) is 0 Å². The Kier molecular flexibility index (Phi) is 9.75. The average molecular weight is 183 g/mol. The van der Waals surface area contributed by atoms with Crippen molar-refractivity contribution in [3.63, 3.8) is 0 Å². The fourth-order valence-electron chi connectivity index (χ4n) is 0.333. The van der Waals surface area contributed by atoms with Gasteiger partial charge in [-0.3, -0.25) is 4.18 Å². The molecule has 0 rings (SSSR count). The van der Waals surface area contributed by atoms with Gasteiger partial charge in [0, 0.05) is 0 Å². The highest BCUT2D eigenvalue weighted by Gasteiger charge is 2.03. The summed E-state index contributed by atoms with van der Waals surface area (Å²) in [5, 5.41) is 0. The Bertz CT molecular complexity index is 153. The molecule has 0 atom stereocenters. The minimum Gasteiger partial charge on any atom is -0.331 e. The Morgan fingerprint density at radius 3 is 1.82 bits per heavy atom. The minimum atomic E-state index is -3.17. The Balaban J connectivity index is 0. The Morgan fingerprint density at radius 1 is 1.36 bits per heavy atom. The molecule has 0 bridgehead atoms. The van der Waals surface area contributed by atoms with Crippen LogP contribution < -0.4 is 5.73 Å². The van der Waals surface area contributed by atoms with E-state index in [0.29, 0.717) is 6.42 Å². The van der Waals surface area contributed by atoms with Crippen LogP contribution in [0.25, 0.3) is 0 Å². The van der Waals surface area contributed by atoms with Gasteiger partial charge in [-0.2, -0.15) is 8.42 Å². The van der Waals surface area contributed by atoms with Crippen LogP contribution in [0.4, 0.5) is 0 Å². The van der Waals surface area contributed by atoms with Gasteiger partial charge in [-0.1, -0.05) is 13.8 Å². The van der Waals surface area contributed by atoms with Gasteiger partial charge >= 0.3 is 0 Å². The van der Waals surface area contributed by atoms with Gasteiger partial charge in [-0.25, -0.2) is 0 Å². The van der Waals surface area contributed by atoms with Gasteiger partial charge in [-0.15, -0.1) is 0 Å². The van der Waals surface area contributed by atoms with Crippen LogP contribution in [-0.2, 0) is 14.3 Å². The van der Waals surface area contributed by atoms with Crippen molar-refractivity contribution in [1.29, 1.82) is 0 Å². The van der Waals surface area contributed by atoms with Crippen LogP contribution in [-0.4, -0.2) is 27.8 Å². The molecule has 5 heteroatoms. The molecule has 0 fully saturated rings. The average Bonchev–Trinajstić information content (AvgIpc) is 1.90. The molecule has 0 saturated carbocycles. The van der Waals surface area contributed by atoms with Crippen LogP contribution >= 0.6 is 0 Å². The molecule has 0 aromatic heterocycles. The van der Waals surface area contributed by atoms with Crippen molar-refractivity contribution in [2.24, 2.45) is 5.73 Å². The maximum Gasteiger partial charge on any atom is 0.267 e. The van der Waals surface area contributed by atoms with Crippen molar-refractivity contribution in [3.05, 3.63) is 0 Å². The first-order valence-electron chi connectivity index (χ1n) is 3.52. The molecule has 11 heavy (non-hydrogen) atoms. The van der Waals surface area contributed by atoms with E-state index in [-0.39, 0.29) is 5.75 Å². The molecule has 0 aromatic carbocycles. The molecule has 0 saturated heterocycles. The van der Waals surface area contributed by atoms with E-state index in [1.165, 1.54) is 7.11 Å². The van der Waals surface area contributed by atoms with E-state index in [2.05, 4.69) is 4.18 Å². The summed E-state index contributed by atoms with van der Waals surface area (Å²) in [5.74, 6) is 0.115. The van der Waals surface area contributed by atoms with Crippen LogP contribution in [0, 0.1) is 0 Å². The normalized spacial score (nSPS) is 10.2. The zero-order valence-electron chi connectivity index (χ0n) is 7.33. The summed E-state index contributed by atoms with van der Waals surface area (Å²) < 4.78 is 24.9. The quantitative estimate of drug-likeness (QED) is 0.640. The van der Waals surface area contributed by atoms with E-state index in [4.69, 9.17) is 5.73 Å². The zero-order chi connectivity index (χ0) is 9.33. The largest absolute Gasteiger partial charge is 0.331 e. The van der Waals surface area contributed by atoms with Crippen molar-refractivity contribution >= 4 is 10.1 Å². The van der Waals surface area contributed by atoms with E-state index >= 15 is 0 Å². The van der Waals surface area contributed by atoms with Crippen LogP contribution in [0.15, 0.2) is 0 Å². The highest BCUT2D eigenvalue weighted by molar-refractivity contribution is 7.86. The van der Waals surface area contributed by atoms with Crippen molar-refractivity contribution in [2.75, 3.05) is 19.4 Å². The summed E-state index contributed by atoms with van der Waals surface area (Å²) in [4.78, 5) is 0. The van der Waals surface area contributed by atoms with Crippen molar-refractivity contribution in [2.45, 2.75) is 20.3 Å². The molecule has 0 aliphatic rings. The molecule has 2 N–H and O–H groups in total. The highest BCUT2D eigenvalue weighted by atomic mass is 32.2. The van der Waals surface area contributed by atoms with E-state index in [1.54, 1.807) is 6.92 Å². The van der Waals surface area contributed by atoms with E-state index in [9.17, 15) is 8.42 Å². The summed E-state index contributed by atoms with van der Waals surface area (Å²) in [6.07, 6.45) is 0.607. The lowest BCUT2D eigenvalue weighted by Crippen LogP contribution is -2.05. The second-order valence-electron chi connectivity index (χ2n) is 1.84. The molecule has 4 nitrogen and oxygen atoms in total. The first-order chi connectivity index (χ1) is 5.04. The summed E-state index contributed by atoms with van der Waals surface area (Å²) in [6, 6.07) is 0. The first kappa shape index (κ1) is 13.5. The maximum absolute atomic E-state index is 10.4. The second kappa shape index (κ2) is 7.97. The van der Waals surface area contributed by atoms with Gasteiger partial charge in [-0.05, 0) is 13.0 Å². The molecule has 0 aromatic rings. The maximum atomic E-state index is 10.4. The van der Waals surface area contributed by atoms with Gasteiger partial charge in [0.2, 0.25) is 0 Å². The van der Waals surface area contributed by atoms with E-state index < -0.39 is 10.1 Å². The predicted molar refractivity (Wildman–Crippen MR) is 45.8 cm³/mol. The van der Waals surface area contributed by atoms with E-state index in [1.807, 2.05) is 6.92 Å². The Morgan fingerprint density at radius 2 is 1.73 bits per heavy atom. The molecule has 0 heterocycles. The molecule has 0 spiro atoms. The molecule has 0 unspecified atom stereocenters. The highest BCUT2D eigenvalue weighted by Crippen LogP contribution is 1.91. The minimum absolute atomic E-state index is 0.115. The summed E-state index contributed by atoms with van der Waals surface area (Å²) >= 11 is 0. The lowest BCUT2D eigenvalue weighted by molar-refractivity contribution is 0.397. The van der Waals surface area contributed by atoms with Gasteiger partial charge in [0.15, 0.2) is 0 Å². The lowest BCUT2D eigenvalue weighted by atomic mass is 10.6. The predicted octanol–water partition coefficient (Wildman–Crippen LogP) is 0.338. The van der Waals surface area contributed by atoms with Gasteiger partial charge in [0.05, 0.1) is 12.9 Å². The fourth-order valence-corrected chi connectivity index (χ4v) is 1.000. The zero-order valence-corrected chi connectivity index (χ0v) is 8.15. The lowest BCUT2D eigenvalue weighted by Gasteiger charge is -1.94. The summed E-state index contributed by atoms with van der Waals surface area (Å²) in [7, 11) is -2.00. The molecular weight excluding hydrogens is 166 g/mol. The molecule has 0 radical (unpaired) electrons. The standard InChI is InChI=1S/C4H10O3S.C2H7N/c1-3-4-8(5,6)7-2;1-2-3/h3-4H2,1-2H3;2-3H2,1H3. The van der Waals surface area contributed by atoms with Crippen molar-refractivity contribution in [1.82, 2.24) is 0 Å². The third-order valence-electron chi connectivity index (χ3n) is 0.708. The Labute approximate surface area is 68.9 Å². The molecular formula is C6H17NO3S. The summed E-state index contributed by atoms with van der Waals surface area (Å²) in [5.41, 5.74) is 4.85. The monoisotopic (exact) mass is 183 g/mol. The fraction of sp³-hybridized carbons (Fsp3) is 1.00. The van der Waals surface area contributed by atoms with Crippen molar-refractivity contribution in [3.8, 4) is 0 Å². The molecule has 0 aliphatic carbocycles. The van der Waals surface area contributed by atoms with E-state index in [0.717, 1.165) is 6.54 Å². The van der Waals surface area contributed by atoms with Crippen LogP contribution in [0.2, 0.25) is 0 Å². The Hall–Kier alpha value is -0.130. The second-order valence-corrected chi connectivity index (χ2v) is 3.69. The van der Waals surface area contributed by atoms with Gasteiger partial charge in [0.25, 0.3) is 10.1 Å². The van der Waals surface area contributed by atoms with Crippen LogP contribution in [0.5, 0.6) is 0 Å². The number of hydrogen-bond donors (Lipinski definition) is 1.